The molecule has 3 aromatic rings. The fraction of sp³-hybridized carbons (Fsp3) is 0.250. The fourth-order valence-corrected chi connectivity index (χ4v) is 4.80. The number of piperazine rings is 1. The number of benzene rings is 2. The molecule has 0 aliphatic carbocycles. The fourth-order valence-electron chi connectivity index (χ4n) is 4.80. The molecule has 6 nitrogen and oxygen atoms in total. The van der Waals surface area contributed by atoms with E-state index in [-0.39, 0.29) is 18.4 Å². The lowest BCUT2D eigenvalue weighted by Gasteiger charge is -2.37. The maximum atomic E-state index is 13.7. The van der Waals surface area contributed by atoms with Crippen molar-refractivity contribution in [3.8, 4) is 0 Å². The van der Waals surface area contributed by atoms with Crippen LogP contribution in [0.4, 0.5) is 5.82 Å². The van der Waals surface area contributed by atoms with Crippen LogP contribution in [0.1, 0.15) is 22.3 Å². The number of aryl methyl sites for hydroxylation is 2. The summed E-state index contributed by atoms with van der Waals surface area (Å²) in [5, 5.41) is 0. The Morgan fingerprint density at radius 2 is 1.50 bits per heavy atom. The summed E-state index contributed by atoms with van der Waals surface area (Å²) < 4.78 is 0. The average Bonchev–Trinajstić information content (AvgIpc) is 3.10. The molecule has 0 unspecified atom stereocenters. The molecule has 0 atom stereocenters. The van der Waals surface area contributed by atoms with E-state index in [4.69, 9.17) is 0 Å². The number of hydrogen-bond acceptors (Lipinski definition) is 5. The molecule has 0 bridgehead atoms. The van der Waals surface area contributed by atoms with Gasteiger partial charge < -0.3 is 9.80 Å². The zero-order chi connectivity index (χ0) is 23.7. The number of imide groups is 1. The second-order valence-corrected chi connectivity index (χ2v) is 8.89. The summed E-state index contributed by atoms with van der Waals surface area (Å²) in [6.45, 7) is 7.08. The van der Waals surface area contributed by atoms with Crippen molar-refractivity contribution in [1.82, 2.24) is 14.8 Å². The molecule has 34 heavy (non-hydrogen) atoms. The minimum Gasteiger partial charge on any atom is -0.363 e. The summed E-state index contributed by atoms with van der Waals surface area (Å²) in [5.41, 5.74) is 4.94. The molecule has 2 aliphatic heterocycles. The quantitative estimate of drug-likeness (QED) is 0.551. The van der Waals surface area contributed by atoms with Gasteiger partial charge in [0.15, 0.2) is 0 Å². The van der Waals surface area contributed by atoms with Crippen LogP contribution in [-0.2, 0) is 16.1 Å². The van der Waals surface area contributed by atoms with Crippen molar-refractivity contribution in [2.75, 3.05) is 31.1 Å². The van der Waals surface area contributed by atoms with Gasteiger partial charge in [-0.05, 0) is 42.7 Å². The largest absolute Gasteiger partial charge is 0.363 e. The highest BCUT2D eigenvalue weighted by Gasteiger charge is 2.42. The van der Waals surface area contributed by atoms with Crippen molar-refractivity contribution in [3.05, 3.63) is 101 Å². The van der Waals surface area contributed by atoms with Crippen LogP contribution in [0.15, 0.2) is 78.6 Å². The van der Waals surface area contributed by atoms with E-state index < -0.39 is 0 Å². The Bertz CT molecular complexity index is 1250. The van der Waals surface area contributed by atoms with Gasteiger partial charge in [-0.15, -0.1) is 0 Å². The summed E-state index contributed by atoms with van der Waals surface area (Å²) in [6.07, 6.45) is 1.79. The molecule has 1 fully saturated rings. The minimum atomic E-state index is -0.219. The highest BCUT2D eigenvalue weighted by Crippen LogP contribution is 2.35. The van der Waals surface area contributed by atoms with Gasteiger partial charge in [0.05, 0.1) is 12.1 Å². The van der Waals surface area contributed by atoms with Crippen LogP contribution >= 0.6 is 0 Å². The molecule has 2 aliphatic rings. The lowest BCUT2D eigenvalue weighted by molar-refractivity contribution is -0.138. The lowest BCUT2D eigenvalue weighted by atomic mass is 9.97. The van der Waals surface area contributed by atoms with Crippen molar-refractivity contribution in [2.24, 2.45) is 0 Å². The lowest BCUT2D eigenvalue weighted by Crippen LogP contribution is -2.47. The third-order valence-electron chi connectivity index (χ3n) is 6.55. The number of nitrogens with zero attached hydrogens (tertiary/aromatic N) is 4. The van der Waals surface area contributed by atoms with E-state index in [1.807, 2.05) is 74.5 Å². The van der Waals surface area contributed by atoms with Crippen molar-refractivity contribution >= 4 is 23.2 Å². The number of carbonyl (C=O) groups excluding carboxylic acids is 2. The summed E-state index contributed by atoms with van der Waals surface area (Å²) in [7, 11) is 0. The van der Waals surface area contributed by atoms with Gasteiger partial charge in [-0.1, -0.05) is 60.2 Å². The van der Waals surface area contributed by atoms with Crippen LogP contribution in [0.3, 0.4) is 0 Å². The zero-order valence-corrected chi connectivity index (χ0v) is 19.6. The van der Waals surface area contributed by atoms with E-state index in [1.165, 1.54) is 4.90 Å². The maximum Gasteiger partial charge on any atom is 0.278 e. The second kappa shape index (κ2) is 9.14. The Labute approximate surface area is 200 Å². The molecule has 1 aromatic heterocycles. The van der Waals surface area contributed by atoms with E-state index in [9.17, 15) is 9.59 Å². The summed E-state index contributed by atoms with van der Waals surface area (Å²) in [4.78, 5) is 37.6. The van der Waals surface area contributed by atoms with Gasteiger partial charge in [-0.3, -0.25) is 14.5 Å². The van der Waals surface area contributed by atoms with E-state index in [0.29, 0.717) is 24.4 Å². The van der Waals surface area contributed by atoms with Crippen LogP contribution in [-0.4, -0.2) is 52.8 Å². The molecule has 3 heterocycles. The molecule has 0 radical (unpaired) electrons. The number of rotatable bonds is 5. The molecule has 2 aromatic carbocycles. The van der Waals surface area contributed by atoms with Gasteiger partial charge in [0, 0.05) is 32.4 Å². The van der Waals surface area contributed by atoms with Gasteiger partial charge in [0.1, 0.15) is 11.5 Å². The van der Waals surface area contributed by atoms with Crippen molar-refractivity contribution in [3.63, 3.8) is 0 Å². The zero-order valence-electron chi connectivity index (χ0n) is 19.6. The van der Waals surface area contributed by atoms with Gasteiger partial charge in [0.2, 0.25) is 0 Å². The van der Waals surface area contributed by atoms with Crippen molar-refractivity contribution in [2.45, 2.75) is 20.4 Å². The number of pyridine rings is 1. The van der Waals surface area contributed by atoms with Crippen LogP contribution in [0.5, 0.6) is 0 Å². The number of hydrogen-bond donors (Lipinski definition) is 0. The van der Waals surface area contributed by atoms with Gasteiger partial charge in [-0.2, -0.15) is 0 Å². The van der Waals surface area contributed by atoms with Crippen LogP contribution in [0, 0.1) is 13.8 Å². The third-order valence-corrected chi connectivity index (χ3v) is 6.55. The number of carbonyl (C=O) groups is 2. The van der Waals surface area contributed by atoms with Gasteiger partial charge in [0.25, 0.3) is 11.8 Å². The first-order valence-corrected chi connectivity index (χ1v) is 11.7. The first kappa shape index (κ1) is 21.9. The molecule has 6 heteroatoms. The smallest absolute Gasteiger partial charge is 0.278 e. The minimum absolute atomic E-state index is 0.213. The molecule has 2 amide bonds. The van der Waals surface area contributed by atoms with Crippen molar-refractivity contribution < 1.29 is 9.59 Å². The van der Waals surface area contributed by atoms with E-state index >= 15 is 0 Å². The maximum absolute atomic E-state index is 13.7. The second-order valence-electron chi connectivity index (χ2n) is 8.89. The van der Waals surface area contributed by atoms with E-state index in [2.05, 4.69) is 20.9 Å². The molecule has 1 saturated heterocycles. The monoisotopic (exact) mass is 452 g/mol. The number of anilines is 1. The molecule has 5 rings (SSSR count). The SMILES string of the molecule is Cc1ccc(C2=C(N3CCN(c4ccccn4)CC3)C(=O)N(Cc3ccccc3)C2=O)c(C)c1. The molecular formula is C28H28N4O2. The topological polar surface area (TPSA) is 56.8 Å². The Kier molecular flexibility index (Phi) is 5.88. The molecule has 0 spiro atoms. The Balaban J connectivity index is 1.48. The van der Waals surface area contributed by atoms with Crippen molar-refractivity contribution in [1.29, 1.82) is 0 Å². The van der Waals surface area contributed by atoms with Crippen LogP contribution < -0.4 is 4.90 Å². The van der Waals surface area contributed by atoms with Gasteiger partial charge >= 0.3 is 0 Å². The van der Waals surface area contributed by atoms with E-state index in [0.717, 1.165) is 41.2 Å². The highest BCUT2D eigenvalue weighted by molar-refractivity contribution is 6.35. The molecule has 0 N–H and O–H groups in total. The Morgan fingerprint density at radius 3 is 2.18 bits per heavy atom. The van der Waals surface area contributed by atoms with E-state index in [1.54, 1.807) is 6.20 Å². The Morgan fingerprint density at radius 1 is 0.794 bits per heavy atom. The third kappa shape index (κ3) is 4.07. The normalized spacial score (nSPS) is 16.6. The number of aromatic nitrogens is 1. The number of amides is 2. The van der Waals surface area contributed by atoms with Crippen LogP contribution in [0.25, 0.3) is 5.57 Å². The Hall–Kier alpha value is -3.93. The molecular weight excluding hydrogens is 424 g/mol. The van der Waals surface area contributed by atoms with Crippen LogP contribution in [0.2, 0.25) is 0 Å². The first-order valence-electron chi connectivity index (χ1n) is 11.7. The first-order chi connectivity index (χ1) is 16.5. The highest BCUT2D eigenvalue weighted by atomic mass is 16.2. The molecule has 172 valence electrons. The summed E-state index contributed by atoms with van der Waals surface area (Å²) in [5.74, 6) is 0.503. The van der Waals surface area contributed by atoms with Gasteiger partial charge in [-0.25, -0.2) is 4.98 Å². The standard InChI is InChI=1S/C28H28N4O2/c1-20-11-12-23(21(2)18-20)25-26(28(34)32(27(25)33)19-22-8-4-3-5-9-22)31-16-14-30(15-17-31)24-10-6-7-13-29-24/h3-13,18H,14-17,19H2,1-2H3. The molecule has 0 saturated carbocycles. The summed E-state index contributed by atoms with van der Waals surface area (Å²) in [6, 6.07) is 21.6. The predicted octanol–water partition coefficient (Wildman–Crippen LogP) is 3.80. The average molecular weight is 453 g/mol. The predicted molar refractivity (Wildman–Crippen MR) is 133 cm³/mol. The summed E-state index contributed by atoms with van der Waals surface area (Å²) >= 11 is 0.